The first-order valence-electron chi connectivity index (χ1n) is 8.39. The third kappa shape index (κ3) is 4.00. The number of nitrogens with one attached hydrogen (secondary N) is 1. The smallest absolute Gasteiger partial charge is 0.261 e. The lowest BCUT2D eigenvalue weighted by Crippen LogP contribution is -2.47. The van der Waals surface area contributed by atoms with E-state index >= 15 is 0 Å². The van der Waals surface area contributed by atoms with Gasteiger partial charge in [-0.25, -0.2) is 0 Å². The molecule has 2 aromatic heterocycles. The van der Waals surface area contributed by atoms with Crippen molar-refractivity contribution >= 4 is 5.91 Å². The molecule has 9 nitrogen and oxygen atoms in total. The molecule has 0 radical (unpaired) electrons. The highest BCUT2D eigenvalue weighted by Crippen LogP contribution is 2.14. The van der Waals surface area contributed by atoms with Crippen LogP contribution in [0.5, 0.6) is 0 Å². The van der Waals surface area contributed by atoms with Gasteiger partial charge in [-0.15, -0.1) is 0 Å². The molecule has 0 spiro atoms. The maximum absolute atomic E-state index is 12.8. The Kier molecular flexibility index (Phi) is 5.48. The molecule has 0 saturated carbocycles. The van der Waals surface area contributed by atoms with Gasteiger partial charge in [0.1, 0.15) is 12.2 Å². The van der Waals surface area contributed by atoms with E-state index in [1.54, 1.807) is 31.9 Å². The summed E-state index contributed by atoms with van der Waals surface area (Å²) in [5, 5.41) is 3.81. The lowest BCUT2D eigenvalue weighted by Gasteiger charge is -2.32. The van der Waals surface area contributed by atoms with Gasteiger partial charge in [-0.1, -0.05) is 5.16 Å². The number of aromatic nitrogens is 3. The number of amides is 1. The van der Waals surface area contributed by atoms with Gasteiger partial charge in [-0.05, 0) is 25.5 Å². The zero-order valence-corrected chi connectivity index (χ0v) is 15.1. The highest BCUT2D eigenvalue weighted by atomic mass is 16.5. The van der Waals surface area contributed by atoms with E-state index in [0.717, 1.165) is 5.69 Å². The summed E-state index contributed by atoms with van der Waals surface area (Å²) < 4.78 is 15.8. The van der Waals surface area contributed by atoms with Crippen LogP contribution in [0.15, 0.2) is 15.4 Å². The standard InChI is InChI=1S/C17H22N4O5/c1-10-6-11(2)18-16(22)15(10)17(23)21-4-5-25-12(8-21)7-14-19-13(9-24-3)20-26-14/h6,12H,4-5,7-9H2,1-3H3,(H,18,22)/t12-/m0/s1. The Balaban J connectivity index is 1.70. The van der Waals surface area contributed by atoms with Crippen LogP contribution in [0.1, 0.15) is 33.3 Å². The predicted molar refractivity (Wildman–Crippen MR) is 90.9 cm³/mol. The Morgan fingerprint density at radius 1 is 1.46 bits per heavy atom. The fourth-order valence-corrected chi connectivity index (χ4v) is 3.06. The van der Waals surface area contributed by atoms with Crippen LogP contribution in [-0.2, 0) is 22.5 Å². The van der Waals surface area contributed by atoms with Crippen molar-refractivity contribution < 1.29 is 18.8 Å². The van der Waals surface area contributed by atoms with Crippen molar-refractivity contribution in [2.24, 2.45) is 0 Å². The summed E-state index contributed by atoms with van der Waals surface area (Å²) in [6, 6.07) is 1.79. The average Bonchev–Trinajstić information content (AvgIpc) is 3.01. The molecule has 3 rings (SSSR count). The molecule has 3 heterocycles. The highest BCUT2D eigenvalue weighted by molar-refractivity contribution is 5.95. The SMILES string of the molecule is COCc1noc(C[C@H]2CN(C(=O)c3c(C)cc(C)[nH]c3=O)CCO2)n1. The topological polar surface area (TPSA) is 111 Å². The second-order valence-electron chi connectivity index (χ2n) is 6.32. The Labute approximate surface area is 150 Å². The van der Waals surface area contributed by atoms with E-state index in [-0.39, 0.29) is 29.7 Å². The van der Waals surface area contributed by atoms with Crippen molar-refractivity contribution in [3.8, 4) is 0 Å². The number of H-pyrrole nitrogens is 1. The average molecular weight is 362 g/mol. The molecular weight excluding hydrogens is 340 g/mol. The van der Waals surface area contributed by atoms with E-state index in [1.165, 1.54) is 0 Å². The molecule has 1 fully saturated rings. The zero-order valence-electron chi connectivity index (χ0n) is 15.1. The molecule has 1 aliphatic heterocycles. The van der Waals surface area contributed by atoms with Gasteiger partial charge in [0.15, 0.2) is 5.82 Å². The second kappa shape index (κ2) is 7.79. The van der Waals surface area contributed by atoms with Crippen LogP contribution in [0.4, 0.5) is 0 Å². The number of carbonyl (C=O) groups is 1. The van der Waals surface area contributed by atoms with Gasteiger partial charge in [0, 0.05) is 25.9 Å². The van der Waals surface area contributed by atoms with E-state index in [0.29, 0.717) is 43.4 Å². The minimum atomic E-state index is -0.364. The normalized spacial score (nSPS) is 17.5. The van der Waals surface area contributed by atoms with Crippen LogP contribution >= 0.6 is 0 Å². The minimum Gasteiger partial charge on any atom is -0.377 e. The number of aromatic amines is 1. The summed E-state index contributed by atoms with van der Waals surface area (Å²) in [5.41, 5.74) is 1.21. The van der Waals surface area contributed by atoms with E-state index in [4.69, 9.17) is 14.0 Å². The molecule has 1 N–H and O–H groups in total. The fraction of sp³-hybridized carbons (Fsp3) is 0.529. The van der Waals surface area contributed by atoms with E-state index in [1.807, 2.05) is 0 Å². The predicted octanol–water partition coefficient (Wildman–Crippen LogP) is 0.605. The van der Waals surface area contributed by atoms with Crippen molar-refractivity contribution in [2.75, 3.05) is 26.8 Å². The lowest BCUT2D eigenvalue weighted by atomic mass is 10.1. The maximum Gasteiger partial charge on any atom is 0.261 e. The number of hydrogen-bond donors (Lipinski definition) is 1. The van der Waals surface area contributed by atoms with Gasteiger partial charge < -0.3 is 23.9 Å². The van der Waals surface area contributed by atoms with Crippen LogP contribution in [0, 0.1) is 13.8 Å². The molecule has 1 aliphatic rings. The van der Waals surface area contributed by atoms with Gasteiger partial charge in [-0.3, -0.25) is 9.59 Å². The molecular formula is C17H22N4O5. The van der Waals surface area contributed by atoms with Crippen LogP contribution in [0.2, 0.25) is 0 Å². The van der Waals surface area contributed by atoms with Crippen LogP contribution in [-0.4, -0.2) is 58.8 Å². The van der Waals surface area contributed by atoms with Gasteiger partial charge in [0.25, 0.3) is 11.5 Å². The lowest BCUT2D eigenvalue weighted by molar-refractivity contribution is -0.0238. The number of morpholine rings is 1. The molecule has 2 aromatic rings. The summed E-state index contributed by atoms with van der Waals surface area (Å²) in [5.74, 6) is 0.608. The van der Waals surface area contributed by atoms with Crippen LogP contribution in [0.3, 0.4) is 0 Å². The van der Waals surface area contributed by atoms with Crippen LogP contribution in [0.25, 0.3) is 0 Å². The van der Waals surface area contributed by atoms with Crippen molar-refractivity contribution in [3.63, 3.8) is 0 Å². The number of ether oxygens (including phenoxy) is 2. The van der Waals surface area contributed by atoms with Crippen molar-refractivity contribution in [1.82, 2.24) is 20.0 Å². The molecule has 140 valence electrons. The number of carbonyl (C=O) groups excluding carboxylic acids is 1. The number of nitrogens with zero attached hydrogens (tertiary/aromatic N) is 3. The summed E-state index contributed by atoms with van der Waals surface area (Å²) in [6.45, 7) is 5.00. The van der Waals surface area contributed by atoms with Gasteiger partial charge in [-0.2, -0.15) is 4.98 Å². The van der Waals surface area contributed by atoms with E-state index in [9.17, 15) is 9.59 Å². The third-order valence-electron chi connectivity index (χ3n) is 4.19. The van der Waals surface area contributed by atoms with E-state index in [2.05, 4.69) is 15.1 Å². The van der Waals surface area contributed by atoms with Gasteiger partial charge in [0.05, 0.1) is 19.1 Å². The van der Waals surface area contributed by atoms with Crippen molar-refractivity contribution in [3.05, 3.63) is 45.0 Å². The second-order valence-corrected chi connectivity index (χ2v) is 6.32. The summed E-state index contributed by atoms with van der Waals surface area (Å²) in [6.07, 6.45) is 0.123. The first-order chi connectivity index (χ1) is 12.5. The molecule has 9 heteroatoms. The number of methoxy groups -OCH3 is 1. The molecule has 0 aliphatic carbocycles. The Bertz CT molecular complexity index is 844. The van der Waals surface area contributed by atoms with Gasteiger partial charge >= 0.3 is 0 Å². The first kappa shape index (κ1) is 18.3. The quantitative estimate of drug-likeness (QED) is 0.829. The Morgan fingerprint density at radius 3 is 3.00 bits per heavy atom. The van der Waals surface area contributed by atoms with Crippen molar-refractivity contribution in [2.45, 2.75) is 33.0 Å². The van der Waals surface area contributed by atoms with Crippen molar-refractivity contribution in [1.29, 1.82) is 0 Å². The van der Waals surface area contributed by atoms with E-state index < -0.39 is 0 Å². The largest absolute Gasteiger partial charge is 0.377 e. The molecule has 1 saturated heterocycles. The summed E-state index contributed by atoms with van der Waals surface area (Å²) in [7, 11) is 1.55. The maximum atomic E-state index is 12.8. The highest BCUT2D eigenvalue weighted by Gasteiger charge is 2.28. The third-order valence-corrected chi connectivity index (χ3v) is 4.19. The first-order valence-corrected chi connectivity index (χ1v) is 8.39. The molecule has 1 amide bonds. The Morgan fingerprint density at radius 2 is 2.27 bits per heavy atom. The monoisotopic (exact) mass is 362 g/mol. The minimum absolute atomic E-state index is 0.177. The zero-order chi connectivity index (χ0) is 18.7. The molecule has 1 atom stereocenters. The number of hydrogen-bond acceptors (Lipinski definition) is 7. The summed E-state index contributed by atoms with van der Waals surface area (Å²) >= 11 is 0. The molecule has 0 unspecified atom stereocenters. The number of aryl methyl sites for hydroxylation is 2. The summed E-state index contributed by atoms with van der Waals surface area (Å²) in [4.78, 5) is 33.6. The Hall–Kier alpha value is -2.52. The number of pyridine rings is 1. The molecule has 26 heavy (non-hydrogen) atoms. The number of rotatable bonds is 5. The van der Waals surface area contributed by atoms with Crippen LogP contribution < -0.4 is 5.56 Å². The fourth-order valence-electron chi connectivity index (χ4n) is 3.06. The molecule has 0 aromatic carbocycles. The van der Waals surface area contributed by atoms with Gasteiger partial charge in [0.2, 0.25) is 5.89 Å². The molecule has 0 bridgehead atoms.